The quantitative estimate of drug-likeness (QED) is 0.715. The molecule has 14 heavy (non-hydrogen) atoms. The van der Waals surface area contributed by atoms with Crippen molar-refractivity contribution in [2.45, 2.75) is 38.3 Å². The summed E-state index contributed by atoms with van der Waals surface area (Å²) in [5, 5.41) is 0. The Kier molecular flexibility index (Phi) is 3.42. The van der Waals surface area contributed by atoms with Crippen LogP contribution in [0, 0.1) is 0 Å². The largest absolute Gasteiger partial charge is 0.326 e. The van der Waals surface area contributed by atoms with Crippen LogP contribution in [-0.2, 0) is 0 Å². The molecule has 2 unspecified atom stereocenters. The minimum atomic E-state index is 0.420. The monoisotopic (exact) mass is 197 g/mol. The molecular weight excluding hydrogens is 174 g/mol. The van der Waals surface area contributed by atoms with Crippen molar-refractivity contribution in [3.05, 3.63) is 0 Å². The van der Waals surface area contributed by atoms with Crippen LogP contribution in [0.5, 0.6) is 0 Å². The van der Waals surface area contributed by atoms with Gasteiger partial charge in [0.1, 0.15) is 0 Å². The van der Waals surface area contributed by atoms with Gasteiger partial charge in [-0.1, -0.05) is 0 Å². The maximum absolute atomic E-state index is 5.94. The number of rotatable bonds is 3. The molecule has 2 N–H and O–H groups in total. The highest BCUT2D eigenvalue weighted by molar-refractivity contribution is 4.85. The van der Waals surface area contributed by atoms with Crippen LogP contribution in [0.25, 0.3) is 0 Å². The summed E-state index contributed by atoms with van der Waals surface area (Å²) in [5.41, 5.74) is 5.94. The summed E-state index contributed by atoms with van der Waals surface area (Å²) >= 11 is 0. The molecule has 3 nitrogen and oxygen atoms in total. The lowest BCUT2D eigenvalue weighted by Gasteiger charge is -2.24. The van der Waals surface area contributed by atoms with E-state index in [-0.39, 0.29) is 0 Å². The highest BCUT2D eigenvalue weighted by atomic mass is 15.2. The first-order valence-corrected chi connectivity index (χ1v) is 5.97. The zero-order chi connectivity index (χ0) is 9.97. The Morgan fingerprint density at radius 3 is 2.50 bits per heavy atom. The van der Waals surface area contributed by atoms with Crippen LogP contribution >= 0.6 is 0 Å². The van der Waals surface area contributed by atoms with Gasteiger partial charge in [0.2, 0.25) is 0 Å². The number of hydrogen-bond acceptors (Lipinski definition) is 3. The van der Waals surface area contributed by atoms with Gasteiger partial charge in [-0.2, -0.15) is 0 Å². The first kappa shape index (κ1) is 10.4. The molecule has 2 saturated heterocycles. The van der Waals surface area contributed by atoms with Gasteiger partial charge in [-0.05, 0) is 39.3 Å². The molecule has 2 fully saturated rings. The first-order valence-electron chi connectivity index (χ1n) is 5.97. The van der Waals surface area contributed by atoms with Gasteiger partial charge in [-0.15, -0.1) is 0 Å². The van der Waals surface area contributed by atoms with Gasteiger partial charge >= 0.3 is 0 Å². The molecule has 2 rings (SSSR count). The lowest BCUT2D eigenvalue weighted by molar-refractivity contribution is 0.220. The predicted octanol–water partition coefficient (Wildman–Crippen LogP) is 0.504. The van der Waals surface area contributed by atoms with E-state index in [1.165, 1.54) is 45.4 Å². The van der Waals surface area contributed by atoms with E-state index in [4.69, 9.17) is 5.73 Å². The van der Waals surface area contributed by atoms with E-state index in [1.54, 1.807) is 0 Å². The van der Waals surface area contributed by atoms with Crippen LogP contribution < -0.4 is 5.73 Å². The molecule has 0 spiro atoms. The molecule has 0 aromatic heterocycles. The summed E-state index contributed by atoms with van der Waals surface area (Å²) in [7, 11) is 0. The lowest BCUT2D eigenvalue weighted by atomic mass is 10.2. The normalized spacial score (nSPS) is 35.6. The Labute approximate surface area is 87.2 Å². The van der Waals surface area contributed by atoms with Crippen molar-refractivity contribution in [3.8, 4) is 0 Å². The van der Waals surface area contributed by atoms with Gasteiger partial charge in [0.05, 0.1) is 0 Å². The van der Waals surface area contributed by atoms with Gasteiger partial charge in [0.15, 0.2) is 0 Å². The Hall–Kier alpha value is -0.120. The van der Waals surface area contributed by atoms with Crippen molar-refractivity contribution < 1.29 is 0 Å². The second kappa shape index (κ2) is 4.60. The van der Waals surface area contributed by atoms with E-state index in [9.17, 15) is 0 Å². The van der Waals surface area contributed by atoms with Crippen LogP contribution in [0.15, 0.2) is 0 Å². The number of nitrogens with two attached hydrogens (primary N) is 1. The second-order valence-corrected chi connectivity index (χ2v) is 4.89. The Bertz CT molecular complexity index is 177. The van der Waals surface area contributed by atoms with Crippen molar-refractivity contribution in [1.29, 1.82) is 0 Å². The molecule has 2 aliphatic heterocycles. The molecule has 0 amide bonds. The molecule has 0 saturated carbocycles. The fourth-order valence-corrected chi connectivity index (χ4v) is 2.73. The van der Waals surface area contributed by atoms with E-state index in [1.807, 2.05) is 0 Å². The summed E-state index contributed by atoms with van der Waals surface area (Å²) in [6.07, 6.45) is 3.98. The third-order valence-electron chi connectivity index (χ3n) is 3.64. The fraction of sp³-hybridized carbons (Fsp3) is 1.00. The SMILES string of the molecule is CC1CC(N)CN1CCN1CCCC1. The third kappa shape index (κ3) is 2.47. The van der Waals surface area contributed by atoms with Gasteiger partial charge in [-0.25, -0.2) is 0 Å². The predicted molar refractivity (Wildman–Crippen MR) is 59.3 cm³/mol. The van der Waals surface area contributed by atoms with Crippen molar-refractivity contribution in [2.75, 3.05) is 32.7 Å². The zero-order valence-electron chi connectivity index (χ0n) is 9.28. The van der Waals surface area contributed by atoms with E-state index in [0.29, 0.717) is 12.1 Å². The van der Waals surface area contributed by atoms with Crippen molar-refractivity contribution in [3.63, 3.8) is 0 Å². The zero-order valence-corrected chi connectivity index (χ0v) is 9.28. The molecule has 0 bridgehead atoms. The lowest BCUT2D eigenvalue weighted by Crippen LogP contribution is -2.36. The van der Waals surface area contributed by atoms with Gasteiger partial charge in [0, 0.05) is 31.7 Å². The number of nitrogens with zero attached hydrogens (tertiary/aromatic N) is 2. The van der Waals surface area contributed by atoms with Gasteiger partial charge in [-0.3, -0.25) is 4.90 Å². The molecule has 2 heterocycles. The Morgan fingerprint density at radius 2 is 1.93 bits per heavy atom. The van der Waals surface area contributed by atoms with Gasteiger partial charge in [0.25, 0.3) is 0 Å². The summed E-state index contributed by atoms with van der Waals surface area (Å²) in [6, 6.07) is 1.12. The summed E-state index contributed by atoms with van der Waals surface area (Å²) in [5.74, 6) is 0. The summed E-state index contributed by atoms with van der Waals surface area (Å²) in [4.78, 5) is 5.12. The van der Waals surface area contributed by atoms with Crippen molar-refractivity contribution in [2.24, 2.45) is 5.73 Å². The highest BCUT2D eigenvalue weighted by Crippen LogP contribution is 2.16. The van der Waals surface area contributed by atoms with Crippen LogP contribution in [-0.4, -0.2) is 54.6 Å². The minimum Gasteiger partial charge on any atom is -0.326 e. The van der Waals surface area contributed by atoms with Crippen molar-refractivity contribution in [1.82, 2.24) is 9.80 Å². The number of likely N-dealkylation sites (tertiary alicyclic amines) is 2. The molecule has 0 aromatic carbocycles. The molecular formula is C11H23N3. The second-order valence-electron chi connectivity index (χ2n) is 4.89. The molecule has 0 radical (unpaired) electrons. The first-order chi connectivity index (χ1) is 6.75. The topological polar surface area (TPSA) is 32.5 Å². The Morgan fingerprint density at radius 1 is 1.21 bits per heavy atom. The average molecular weight is 197 g/mol. The molecule has 2 aliphatic rings. The van der Waals surface area contributed by atoms with Crippen LogP contribution in [0.4, 0.5) is 0 Å². The van der Waals surface area contributed by atoms with Gasteiger partial charge < -0.3 is 10.6 Å². The van der Waals surface area contributed by atoms with Crippen molar-refractivity contribution >= 4 is 0 Å². The van der Waals surface area contributed by atoms with Crippen LogP contribution in [0.1, 0.15) is 26.2 Å². The smallest absolute Gasteiger partial charge is 0.0182 e. The average Bonchev–Trinajstić information content (AvgIpc) is 2.72. The Balaban J connectivity index is 1.69. The van der Waals surface area contributed by atoms with E-state index in [2.05, 4.69) is 16.7 Å². The minimum absolute atomic E-state index is 0.420. The molecule has 2 atom stereocenters. The molecule has 82 valence electrons. The molecule has 3 heteroatoms. The molecule has 0 aromatic rings. The van der Waals surface area contributed by atoms with E-state index >= 15 is 0 Å². The third-order valence-corrected chi connectivity index (χ3v) is 3.64. The van der Waals surface area contributed by atoms with E-state index < -0.39 is 0 Å². The summed E-state index contributed by atoms with van der Waals surface area (Å²) < 4.78 is 0. The van der Waals surface area contributed by atoms with E-state index in [0.717, 1.165) is 6.54 Å². The maximum atomic E-state index is 5.94. The highest BCUT2D eigenvalue weighted by Gasteiger charge is 2.26. The maximum Gasteiger partial charge on any atom is 0.0182 e. The standard InChI is InChI=1S/C11H23N3/c1-10-8-11(12)9-14(10)7-6-13-4-2-3-5-13/h10-11H,2-9,12H2,1H3. The number of hydrogen-bond donors (Lipinski definition) is 1. The van der Waals surface area contributed by atoms with Crippen LogP contribution in [0.3, 0.4) is 0 Å². The van der Waals surface area contributed by atoms with Crippen LogP contribution in [0.2, 0.25) is 0 Å². The molecule has 0 aliphatic carbocycles. The summed E-state index contributed by atoms with van der Waals surface area (Å²) in [6.45, 7) is 8.50. The fourth-order valence-electron chi connectivity index (χ4n) is 2.73.